The van der Waals surface area contributed by atoms with Crippen molar-refractivity contribution < 1.29 is 18.0 Å². The van der Waals surface area contributed by atoms with E-state index in [-0.39, 0.29) is 11.9 Å². The zero-order chi connectivity index (χ0) is 21.2. The summed E-state index contributed by atoms with van der Waals surface area (Å²) in [7, 11) is 1.89. The van der Waals surface area contributed by atoms with Gasteiger partial charge >= 0.3 is 6.18 Å². The molecule has 1 saturated heterocycles. The van der Waals surface area contributed by atoms with Crippen LogP contribution in [0.4, 0.5) is 19.0 Å². The minimum absolute atomic E-state index is 0.0127. The van der Waals surface area contributed by atoms with Gasteiger partial charge in [-0.15, -0.1) is 0 Å². The number of rotatable bonds is 5. The van der Waals surface area contributed by atoms with E-state index < -0.39 is 11.7 Å². The predicted octanol–water partition coefficient (Wildman–Crippen LogP) is 3.17. The minimum Gasteiger partial charge on any atom is -0.356 e. The molecule has 0 spiro atoms. The monoisotopic (exact) mass is 409 g/mol. The maximum atomic E-state index is 12.7. The summed E-state index contributed by atoms with van der Waals surface area (Å²) in [5.41, 5.74) is 2.40. The first kappa shape index (κ1) is 21.1. The van der Waals surface area contributed by atoms with Gasteiger partial charge in [-0.2, -0.15) is 18.3 Å². The van der Waals surface area contributed by atoms with Gasteiger partial charge in [0.25, 0.3) is 0 Å². The number of halogens is 3. The van der Waals surface area contributed by atoms with Gasteiger partial charge in [0.15, 0.2) is 0 Å². The van der Waals surface area contributed by atoms with E-state index >= 15 is 0 Å². The second-order valence-corrected chi connectivity index (χ2v) is 7.50. The largest absolute Gasteiger partial charge is 0.417 e. The first-order valence-corrected chi connectivity index (χ1v) is 9.72. The van der Waals surface area contributed by atoms with Gasteiger partial charge in [0.1, 0.15) is 5.82 Å². The molecule has 0 aromatic carbocycles. The van der Waals surface area contributed by atoms with Crippen LogP contribution in [-0.2, 0) is 24.4 Å². The number of carbonyl (C=O) groups excluding carboxylic acids is 1. The minimum atomic E-state index is -4.38. The third kappa shape index (κ3) is 5.07. The van der Waals surface area contributed by atoms with Gasteiger partial charge in [0.05, 0.1) is 11.3 Å². The van der Waals surface area contributed by atoms with E-state index in [4.69, 9.17) is 0 Å². The maximum Gasteiger partial charge on any atom is 0.417 e. The van der Waals surface area contributed by atoms with Crippen molar-refractivity contribution >= 4 is 11.7 Å². The Hall–Kier alpha value is -2.58. The lowest BCUT2D eigenvalue weighted by Gasteiger charge is -2.33. The molecule has 1 aliphatic rings. The Bertz CT molecular complexity index is 852. The first-order chi connectivity index (χ1) is 13.6. The van der Waals surface area contributed by atoms with Gasteiger partial charge in [-0.1, -0.05) is 0 Å². The summed E-state index contributed by atoms with van der Waals surface area (Å²) in [4.78, 5) is 18.2. The van der Waals surface area contributed by atoms with E-state index in [2.05, 4.69) is 15.4 Å². The molecule has 1 N–H and O–H groups in total. The number of hydrogen-bond acceptors (Lipinski definition) is 4. The summed E-state index contributed by atoms with van der Waals surface area (Å²) in [6, 6.07) is 2.53. The number of pyridine rings is 1. The second-order valence-electron chi connectivity index (χ2n) is 7.50. The number of anilines is 1. The molecule has 2 aromatic rings. The zero-order valence-electron chi connectivity index (χ0n) is 16.9. The topological polar surface area (TPSA) is 63.1 Å². The highest BCUT2D eigenvalue weighted by molar-refractivity contribution is 5.76. The van der Waals surface area contributed by atoms with E-state index in [0.717, 1.165) is 42.1 Å². The van der Waals surface area contributed by atoms with Gasteiger partial charge in [-0.25, -0.2) is 4.98 Å². The predicted molar refractivity (Wildman–Crippen MR) is 104 cm³/mol. The molecule has 3 rings (SSSR count). The Balaban J connectivity index is 1.46. The van der Waals surface area contributed by atoms with Gasteiger partial charge in [0, 0.05) is 44.5 Å². The van der Waals surface area contributed by atoms with Crippen molar-refractivity contribution in [2.24, 2.45) is 7.05 Å². The molecule has 29 heavy (non-hydrogen) atoms. The number of nitrogens with one attached hydrogen (secondary N) is 1. The molecule has 158 valence electrons. The summed E-state index contributed by atoms with van der Waals surface area (Å²) < 4.78 is 39.8. The third-order valence-electron chi connectivity index (χ3n) is 5.52. The SMILES string of the molecule is Cc1nn(C)c(C)c1CCC(=O)NC1CCN(c2ccc(C(F)(F)F)cn2)CC1. The molecular formula is C20H26F3N5O. The van der Waals surface area contributed by atoms with Crippen molar-refractivity contribution in [1.29, 1.82) is 0 Å². The fourth-order valence-corrected chi connectivity index (χ4v) is 3.71. The fraction of sp³-hybridized carbons (Fsp3) is 0.550. The number of hydrogen-bond donors (Lipinski definition) is 1. The normalized spacial score (nSPS) is 15.6. The lowest BCUT2D eigenvalue weighted by Crippen LogP contribution is -2.45. The van der Waals surface area contributed by atoms with E-state index in [1.807, 2.05) is 30.5 Å². The molecule has 0 radical (unpaired) electrons. The van der Waals surface area contributed by atoms with Gasteiger partial charge < -0.3 is 10.2 Å². The van der Waals surface area contributed by atoms with Crippen LogP contribution in [0, 0.1) is 13.8 Å². The Labute approximate surface area is 168 Å². The Kier molecular flexibility index (Phi) is 6.14. The first-order valence-electron chi connectivity index (χ1n) is 9.72. The Morgan fingerprint density at radius 3 is 2.45 bits per heavy atom. The lowest BCUT2D eigenvalue weighted by molar-refractivity contribution is -0.137. The average molecular weight is 409 g/mol. The summed E-state index contributed by atoms with van der Waals surface area (Å²) in [5, 5.41) is 7.45. The second kappa shape index (κ2) is 8.42. The molecule has 9 heteroatoms. The molecule has 1 aliphatic heterocycles. The molecule has 1 amide bonds. The van der Waals surface area contributed by atoms with Crippen LogP contribution in [0.25, 0.3) is 0 Å². The molecular weight excluding hydrogens is 383 g/mol. The molecule has 0 unspecified atom stereocenters. The highest BCUT2D eigenvalue weighted by atomic mass is 19.4. The van der Waals surface area contributed by atoms with Crippen LogP contribution in [-0.4, -0.2) is 39.8 Å². The van der Waals surface area contributed by atoms with Crippen LogP contribution in [0.1, 0.15) is 41.8 Å². The number of aromatic nitrogens is 3. The van der Waals surface area contributed by atoms with Crippen LogP contribution in [0.5, 0.6) is 0 Å². The number of amides is 1. The average Bonchev–Trinajstić information content (AvgIpc) is 2.92. The molecule has 0 aliphatic carbocycles. The zero-order valence-corrected chi connectivity index (χ0v) is 16.9. The van der Waals surface area contributed by atoms with Gasteiger partial charge in [-0.3, -0.25) is 9.48 Å². The van der Waals surface area contributed by atoms with Crippen LogP contribution >= 0.6 is 0 Å². The van der Waals surface area contributed by atoms with Gasteiger partial charge in [-0.05, 0) is 50.8 Å². The Morgan fingerprint density at radius 1 is 1.24 bits per heavy atom. The molecule has 0 bridgehead atoms. The van der Waals surface area contributed by atoms with Crippen LogP contribution in [0.3, 0.4) is 0 Å². The quantitative estimate of drug-likeness (QED) is 0.824. The van der Waals surface area contributed by atoms with Crippen molar-refractivity contribution in [3.05, 3.63) is 40.8 Å². The number of carbonyl (C=O) groups is 1. The maximum absolute atomic E-state index is 12.7. The summed E-state index contributed by atoms with van der Waals surface area (Å²) in [6.45, 7) is 5.23. The summed E-state index contributed by atoms with van der Waals surface area (Å²) in [5.74, 6) is 0.545. The number of piperidine rings is 1. The number of nitrogens with zero attached hydrogens (tertiary/aromatic N) is 4. The number of alkyl halides is 3. The van der Waals surface area contributed by atoms with Crippen molar-refractivity contribution in [2.45, 2.75) is 51.7 Å². The fourth-order valence-electron chi connectivity index (χ4n) is 3.71. The molecule has 3 heterocycles. The van der Waals surface area contributed by atoms with Crippen LogP contribution in [0.2, 0.25) is 0 Å². The smallest absolute Gasteiger partial charge is 0.356 e. The van der Waals surface area contributed by atoms with E-state index in [1.165, 1.54) is 6.07 Å². The van der Waals surface area contributed by atoms with Crippen LogP contribution in [0.15, 0.2) is 18.3 Å². The lowest BCUT2D eigenvalue weighted by atomic mass is 10.0. The van der Waals surface area contributed by atoms with E-state index in [0.29, 0.717) is 31.7 Å². The highest BCUT2D eigenvalue weighted by Crippen LogP contribution is 2.29. The molecule has 6 nitrogen and oxygen atoms in total. The Morgan fingerprint density at radius 2 is 1.93 bits per heavy atom. The third-order valence-corrected chi connectivity index (χ3v) is 5.52. The number of aryl methyl sites for hydroxylation is 2. The van der Waals surface area contributed by atoms with E-state index in [9.17, 15) is 18.0 Å². The molecule has 2 aromatic heterocycles. The van der Waals surface area contributed by atoms with Crippen molar-refractivity contribution in [3.63, 3.8) is 0 Å². The van der Waals surface area contributed by atoms with E-state index in [1.54, 1.807) is 0 Å². The molecule has 0 atom stereocenters. The highest BCUT2D eigenvalue weighted by Gasteiger charge is 2.31. The van der Waals surface area contributed by atoms with Crippen molar-refractivity contribution in [3.8, 4) is 0 Å². The summed E-state index contributed by atoms with van der Waals surface area (Å²) >= 11 is 0. The van der Waals surface area contributed by atoms with Gasteiger partial charge in [0.2, 0.25) is 5.91 Å². The van der Waals surface area contributed by atoms with Crippen molar-refractivity contribution in [1.82, 2.24) is 20.1 Å². The summed E-state index contributed by atoms with van der Waals surface area (Å²) in [6.07, 6.45) is -0.972. The standard InChI is InChI=1S/C20H26F3N5O/c1-13-17(14(2)27(3)26-13)5-7-19(29)25-16-8-10-28(11-9-16)18-6-4-15(12-24-18)20(21,22)23/h4,6,12,16H,5,7-11H2,1-3H3,(H,25,29). The molecule has 1 fully saturated rings. The molecule has 0 saturated carbocycles. The van der Waals surface area contributed by atoms with Crippen LogP contribution < -0.4 is 10.2 Å². The van der Waals surface area contributed by atoms with Crippen molar-refractivity contribution in [2.75, 3.05) is 18.0 Å².